The molecule has 0 amide bonds. The minimum absolute atomic E-state index is 0.773. The van der Waals surface area contributed by atoms with Gasteiger partial charge in [-0.25, -0.2) is 0 Å². The molecule has 0 aromatic heterocycles. The predicted molar refractivity (Wildman–Crippen MR) is 66.1 cm³/mol. The summed E-state index contributed by atoms with van der Waals surface area (Å²) in [5.74, 6) is 0.773. The van der Waals surface area contributed by atoms with E-state index in [1.165, 1.54) is 18.4 Å². The summed E-state index contributed by atoms with van der Waals surface area (Å²) in [5, 5.41) is 3.49. The normalized spacial score (nSPS) is 17.5. The lowest BCUT2D eigenvalue weighted by atomic mass is 10.0. The molecule has 1 saturated heterocycles. The summed E-state index contributed by atoms with van der Waals surface area (Å²) in [6.45, 7) is 3.83. The van der Waals surface area contributed by atoms with E-state index in [0.29, 0.717) is 0 Å². The Kier molecular flexibility index (Phi) is 4.19. The van der Waals surface area contributed by atoms with Gasteiger partial charge in [-0.05, 0) is 43.0 Å². The largest absolute Gasteiger partial charge is 0.399 e. The molecule has 2 rings (SSSR count). The standard InChI is InChI=1S/C13H20N2O/c14-13-3-1-2-12(8-13)10-15-9-11-4-6-16-7-5-11/h1-3,8,11,15H,4-7,9-10,14H2. The van der Waals surface area contributed by atoms with Crippen molar-refractivity contribution >= 4 is 5.69 Å². The van der Waals surface area contributed by atoms with Crippen molar-refractivity contribution in [1.82, 2.24) is 5.32 Å². The van der Waals surface area contributed by atoms with Crippen LogP contribution in [0.25, 0.3) is 0 Å². The first-order valence-electron chi connectivity index (χ1n) is 5.97. The number of rotatable bonds is 4. The van der Waals surface area contributed by atoms with Crippen LogP contribution in [0.1, 0.15) is 18.4 Å². The molecule has 0 radical (unpaired) electrons. The van der Waals surface area contributed by atoms with Crippen molar-refractivity contribution in [3.05, 3.63) is 29.8 Å². The van der Waals surface area contributed by atoms with Crippen LogP contribution >= 0.6 is 0 Å². The Hall–Kier alpha value is -1.06. The molecule has 0 bridgehead atoms. The number of anilines is 1. The third-order valence-corrected chi connectivity index (χ3v) is 3.05. The fraction of sp³-hybridized carbons (Fsp3) is 0.538. The van der Waals surface area contributed by atoms with Gasteiger partial charge in [0, 0.05) is 25.4 Å². The number of hydrogen-bond acceptors (Lipinski definition) is 3. The van der Waals surface area contributed by atoms with E-state index in [2.05, 4.69) is 11.4 Å². The molecular weight excluding hydrogens is 200 g/mol. The van der Waals surface area contributed by atoms with E-state index in [0.717, 1.165) is 37.9 Å². The molecule has 1 fully saturated rings. The van der Waals surface area contributed by atoms with E-state index in [-0.39, 0.29) is 0 Å². The SMILES string of the molecule is Nc1cccc(CNCC2CCOCC2)c1. The maximum Gasteiger partial charge on any atom is 0.0469 e. The molecular formula is C13H20N2O. The van der Waals surface area contributed by atoms with Gasteiger partial charge >= 0.3 is 0 Å². The van der Waals surface area contributed by atoms with Crippen molar-refractivity contribution in [1.29, 1.82) is 0 Å². The van der Waals surface area contributed by atoms with Gasteiger partial charge in [-0.1, -0.05) is 12.1 Å². The van der Waals surface area contributed by atoms with Crippen molar-refractivity contribution in [3.8, 4) is 0 Å². The maximum atomic E-state index is 5.73. The highest BCUT2D eigenvalue weighted by Crippen LogP contribution is 2.13. The van der Waals surface area contributed by atoms with Gasteiger partial charge in [0.15, 0.2) is 0 Å². The summed E-state index contributed by atoms with van der Waals surface area (Å²) in [6.07, 6.45) is 2.37. The van der Waals surface area contributed by atoms with Crippen LogP contribution in [0.4, 0.5) is 5.69 Å². The molecule has 1 heterocycles. The lowest BCUT2D eigenvalue weighted by molar-refractivity contribution is 0.0662. The highest BCUT2D eigenvalue weighted by Gasteiger charge is 2.12. The fourth-order valence-electron chi connectivity index (χ4n) is 2.07. The maximum absolute atomic E-state index is 5.73. The van der Waals surface area contributed by atoms with Crippen LogP contribution in [-0.2, 0) is 11.3 Å². The molecule has 0 aliphatic carbocycles. The molecule has 1 aliphatic rings. The van der Waals surface area contributed by atoms with Crippen molar-refractivity contribution in [2.45, 2.75) is 19.4 Å². The van der Waals surface area contributed by atoms with Crippen LogP contribution in [0.2, 0.25) is 0 Å². The molecule has 3 heteroatoms. The van der Waals surface area contributed by atoms with E-state index >= 15 is 0 Å². The number of benzene rings is 1. The zero-order valence-corrected chi connectivity index (χ0v) is 9.61. The first-order valence-corrected chi connectivity index (χ1v) is 5.97. The van der Waals surface area contributed by atoms with Gasteiger partial charge in [-0.2, -0.15) is 0 Å². The Morgan fingerprint density at radius 3 is 2.88 bits per heavy atom. The Balaban J connectivity index is 1.71. The highest BCUT2D eigenvalue weighted by molar-refractivity contribution is 5.40. The molecule has 0 saturated carbocycles. The summed E-state index contributed by atoms with van der Waals surface area (Å²) in [7, 11) is 0. The molecule has 3 N–H and O–H groups in total. The molecule has 1 aromatic carbocycles. The van der Waals surface area contributed by atoms with Crippen LogP contribution in [0.5, 0.6) is 0 Å². The Morgan fingerprint density at radius 1 is 1.31 bits per heavy atom. The molecule has 88 valence electrons. The van der Waals surface area contributed by atoms with Crippen LogP contribution in [-0.4, -0.2) is 19.8 Å². The fourth-order valence-corrected chi connectivity index (χ4v) is 2.07. The Morgan fingerprint density at radius 2 is 2.12 bits per heavy atom. The van der Waals surface area contributed by atoms with E-state index < -0.39 is 0 Å². The number of nitrogens with one attached hydrogen (secondary N) is 1. The highest BCUT2D eigenvalue weighted by atomic mass is 16.5. The zero-order chi connectivity index (χ0) is 11.2. The second kappa shape index (κ2) is 5.87. The van der Waals surface area contributed by atoms with E-state index in [1.54, 1.807) is 0 Å². The van der Waals surface area contributed by atoms with Crippen molar-refractivity contribution in [2.75, 3.05) is 25.5 Å². The quantitative estimate of drug-likeness (QED) is 0.760. The van der Waals surface area contributed by atoms with Gasteiger partial charge in [0.1, 0.15) is 0 Å². The van der Waals surface area contributed by atoms with Crippen molar-refractivity contribution in [2.24, 2.45) is 5.92 Å². The van der Waals surface area contributed by atoms with Crippen molar-refractivity contribution in [3.63, 3.8) is 0 Å². The minimum atomic E-state index is 0.773. The average molecular weight is 220 g/mol. The van der Waals surface area contributed by atoms with Gasteiger partial charge in [-0.15, -0.1) is 0 Å². The van der Waals surface area contributed by atoms with E-state index in [1.807, 2.05) is 18.2 Å². The van der Waals surface area contributed by atoms with Crippen molar-refractivity contribution < 1.29 is 4.74 Å². The molecule has 1 aromatic rings. The van der Waals surface area contributed by atoms with Gasteiger partial charge in [-0.3, -0.25) is 0 Å². The zero-order valence-electron chi connectivity index (χ0n) is 9.61. The molecule has 16 heavy (non-hydrogen) atoms. The topological polar surface area (TPSA) is 47.3 Å². The van der Waals surface area contributed by atoms with Crippen LogP contribution in [0.3, 0.4) is 0 Å². The molecule has 3 nitrogen and oxygen atoms in total. The lowest BCUT2D eigenvalue weighted by Gasteiger charge is -2.22. The van der Waals surface area contributed by atoms with Gasteiger partial charge in [0.2, 0.25) is 0 Å². The second-order valence-electron chi connectivity index (χ2n) is 4.43. The lowest BCUT2D eigenvalue weighted by Crippen LogP contribution is -2.27. The second-order valence-corrected chi connectivity index (χ2v) is 4.43. The van der Waals surface area contributed by atoms with Gasteiger partial charge in [0.05, 0.1) is 0 Å². The number of hydrogen-bond donors (Lipinski definition) is 2. The van der Waals surface area contributed by atoms with Crippen LogP contribution < -0.4 is 11.1 Å². The molecule has 0 atom stereocenters. The average Bonchev–Trinajstić information content (AvgIpc) is 2.30. The van der Waals surface area contributed by atoms with Gasteiger partial charge in [0.25, 0.3) is 0 Å². The summed E-state index contributed by atoms with van der Waals surface area (Å²) in [6, 6.07) is 8.05. The Bertz CT molecular complexity index is 321. The number of ether oxygens (including phenoxy) is 1. The minimum Gasteiger partial charge on any atom is -0.399 e. The van der Waals surface area contributed by atoms with Crippen LogP contribution in [0.15, 0.2) is 24.3 Å². The smallest absolute Gasteiger partial charge is 0.0469 e. The first kappa shape index (κ1) is 11.4. The summed E-state index contributed by atoms with van der Waals surface area (Å²) >= 11 is 0. The monoisotopic (exact) mass is 220 g/mol. The number of nitrogen functional groups attached to an aromatic ring is 1. The van der Waals surface area contributed by atoms with Gasteiger partial charge < -0.3 is 15.8 Å². The summed E-state index contributed by atoms with van der Waals surface area (Å²) in [5.41, 5.74) is 7.82. The third-order valence-electron chi connectivity index (χ3n) is 3.05. The van der Waals surface area contributed by atoms with Crippen LogP contribution in [0, 0.1) is 5.92 Å². The third kappa shape index (κ3) is 3.51. The first-order chi connectivity index (χ1) is 7.84. The molecule has 0 unspecified atom stereocenters. The summed E-state index contributed by atoms with van der Waals surface area (Å²) in [4.78, 5) is 0. The number of nitrogens with two attached hydrogens (primary N) is 1. The van der Waals surface area contributed by atoms with E-state index in [9.17, 15) is 0 Å². The Labute approximate surface area is 97.0 Å². The molecule has 0 spiro atoms. The molecule has 1 aliphatic heterocycles. The predicted octanol–water partition coefficient (Wildman–Crippen LogP) is 1.78. The summed E-state index contributed by atoms with van der Waals surface area (Å²) < 4.78 is 5.34. The van der Waals surface area contributed by atoms with E-state index in [4.69, 9.17) is 10.5 Å².